The third-order valence-corrected chi connectivity index (χ3v) is 4.56. The quantitative estimate of drug-likeness (QED) is 0.459. The Morgan fingerprint density at radius 3 is 3.00 bits per heavy atom. The van der Waals surface area contributed by atoms with E-state index in [9.17, 15) is 9.90 Å². The van der Waals surface area contributed by atoms with E-state index in [1.165, 1.54) is 23.0 Å². The molecular weight excluding hydrogens is 411 g/mol. The fourth-order valence-electron chi connectivity index (χ4n) is 1.52. The molecule has 5 nitrogen and oxygen atoms in total. The Morgan fingerprint density at radius 1 is 1.65 bits per heavy atom. The first-order valence-corrected chi connectivity index (χ1v) is 8.19. The number of benzene rings is 1. The van der Waals surface area contributed by atoms with Crippen molar-refractivity contribution in [2.75, 3.05) is 12.4 Å². The number of carbonyl (C=O) groups excluding carboxylic acids is 1. The molecule has 0 aliphatic carbocycles. The number of rotatable bonds is 4. The van der Waals surface area contributed by atoms with E-state index >= 15 is 0 Å². The van der Waals surface area contributed by atoms with E-state index in [1.54, 1.807) is 12.1 Å². The van der Waals surface area contributed by atoms with Gasteiger partial charge in [0.1, 0.15) is 0 Å². The molecule has 1 saturated heterocycles. The molecule has 1 N–H and O–H groups in total. The molecule has 1 aromatic rings. The number of halogens is 1. The molecular formula is C12H11IN2O3S2. The van der Waals surface area contributed by atoms with Gasteiger partial charge in [0.2, 0.25) is 0 Å². The van der Waals surface area contributed by atoms with Crippen LogP contribution in [0, 0.1) is 3.57 Å². The maximum absolute atomic E-state index is 11.5. The second-order valence-electron chi connectivity index (χ2n) is 3.79. The van der Waals surface area contributed by atoms with Crippen molar-refractivity contribution >= 4 is 63.0 Å². The molecule has 0 bridgehead atoms. The van der Waals surface area contributed by atoms with Crippen LogP contribution in [0.1, 0.15) is 12.5 Å². The van der Waals surface area contributed by atoms with Crippen molar-refractivity contribution in [3.8, 4) is 11.5 Å². The van der Waals surface area contributed by atoms with Gasteiger partial charge in [0, 0.05) is 0 Å². The van der Waals surface area contributed by atoms with E-state index in [4.69, 9.17) is 17.0 Å². The minimum atomic E-state index is -0.130. The summed E-state index contributed by atoms with van der Waals surface area (Å²) in [5.74, 6) is 0.696. The van der Waals surface area contributed by atoms with Crippen molar-refractivity contribution in [3.63, 3.8) is 0 Å². The SMILES string of the molecule is CCOc1cc(/C=N\N2C(=O)CSC2=S)cc(I)c1O. The van der Waals surface area contributed by atoms with Crippen LogP contribution in [0.4, 0.5) is 0 Å². The molecule has 0 aromatic heterocycles. The Labute approximate surface area is 139 Å². The van der Waals surface area contributed by atoms with E-state index in [1.807, 2.05) is 29.5 Å². The van der Waals surface area contributed by atoms with Crippen LogP contribution in [-0.4, -0.2) is 38.9 Å². The largest absolute Gasteiger partial charge is 0.504 e. The summed E-state index contributed by atoms with van der Waals surface area (Å²) in [4.78, 5) is 11.5. The van der Waals surface area contributed by atoms with Gasteiger partial charge in [-0.1, -0.05) is 24.0 Å². The molecule has 20 heavy (non-hydrogen) atoms. The number of phenolic OH excluding ortho intramolecular Hbond substituents is 1. The standard InChI is InChI=1S/C12H11IN2O3S2/c1-2-18-9-4-7(3-8(13)11(9)17)5-14-15-10(16)6-20-12(15)19/h3-5,17H,2,6H2,1H3/b14-5-. The molecule has 0 atom stereocenters. The zero-order valence-corrected chi connectivity index (χ0v) is 14.3. The second-order valence-corrected chi connectivity index (χ2v) is 6.56. The molecule has 1 heterocycles. The van der Waals surface area contributed by atoms with Gasteiger partial charge >= 0.3 is 0 Å². The molecule has 1 amide bonds. The summed E-state index contributed by atoms with van der Waals surface area (Å²) < 4.78 is 6.45. The lowest BCUT2D eigenvalue weighted by Gasteiger charge is -2.09. The van der Waals surface area contributed by atoms with Crippen molar-refractivity contribution in [1.82, 2.24) is 5.01 Å². The maximum atomic E-state index is 11.5. The van der Waals surface area contributed by atoms with E-state index in [0.717, 1.165) is 5.56 Å². The van der Waals surface area contributed by atoms with E-state index in [0.29, 0.717) is 26.0 Å². The van der Waals surface area contributed by atoms with Gasteiger partial charge in [-0.05, 0) is 47.2 Å². The first-order chi connectivity index (χ1) is 9.52. The van der Waals surface area contributed by atoms with Crippen LogP contribution in [0.25, 0.3) is 0 Å². The smallest absolute Gasteiger partial charge is 0.259 e. The van der Waals surface area contributed by atoms with Gasteiger partial charge in [0.05, 0.1) is 22.1 Å². The van der Waals surface area contributed by atoms with Crippen LogP contribution in [0.5, 0.6) is 11.5 Å². The average molecular weight is 422 g/mol. The van der Waals surface area contributed by atoms with Crippen LogP contribution >= 0.6 is 46.6 Å². The van der Waals surface area contributed by atoms with Gasteiger partial charge in [-0.2, -0.15) is 10.1 Å². The van der Waals surface area contributed by atoms with Gasteiger partial charge in [-0.15, -0.1) is 0 Å². The highest BCUT2D eigenvalue weighted by molar-refractivity contribution is 14.1. The van der Waals surface area contributed by atoms with Gasteiger partial charge in [0.15, 0.2) is 15.8 Å². The Morgan fingerprint density at radius 2 is 2.40 bits per heavy atom. The zero-order valence-electron chi connectivity index (χ0n) is 10.5. The molecule has 8 heteroatoms. The predicted octanol–water partition coefficient (Wildman–Crippen LogP) is 2.59. The molecule has 0 radical (unpaired) electrons. The normalized spacial score (nSPS) is 15.4. The number of ether oxygens (including phenoxy) is 1. The monoisotopic (exact) mass is 422 g/mol. The lowest BCUT2D eigenvalue weighted by molar-refractivity contribution is -0.123. The Balaban J connectivity index is 2.25. The average Bonchev–Trinajstić information content (AvgIpc) is 2.72. The number of carbonyl (C=O) groups is 1. The summed E-state index contributed by atoms with van der Waals surface area (Å²) in [6.07, 6.45) is 1.53. The molecule has 2 rings (SSSR count). The Kier molecular flexibility index (Phi) is 5.22. The highest BCUT2D eigenvalue weighted by Gasteiger charge is 2.26. The van der Waals surface area contributed by atoms with Crippen LogP contribution < -0.4 is 4.74 Å². The number of thiocarbonyl (C=S) groups is 1. The molecule has 106 valence electrons. The number of aromatic hydroxyl groups is 1. The molecule has 0 spiro atoms. The summed E-state index contributed by atoms with van der Waals surface area (Å²) >= 11 is 8.34. The fraction of sp³-hybridized carbons (Fsp3) is 0.250. The molecule has 1 aromatic carbocycles. The number of hydrogen-bond acceptors (Lipinski definition) is 6. The van der Waals surface area contributed by atoms with Crippen molar-refractivity contribution in [2.24, 2.45) is 5.10 Å². The first-order valence-electron chi connectivity index (χ1n) is 5.72. The Bertz CT molecular complexity index is 576. The number of hydrazone groups is 1. The minimum Gasteiger partial charge on any atom is -0.504 e. The third-order valence-electron chi connectivity index (χ3n) is 2.40. The second kappa shape index (κ2) is 6.72. The van der Waals surface area contributed by atoms with Crippen LogP contribution in [0.2, 0.25) is 0 Å². The van der Waals surface area contributed by atoms with Crippen molar-refractivity contribution in [3.05, 3.63) is 21.3 Å². The summed E-state index contributed by atoms with van der Waals surface area (Å²) in [7, 11) is 0. The molecule has 1 aliphatic heterocycles. The van der Waals surface area contributed by atoms with Crippen LogP contribution in [0.3, 0.4) is 0 Å². The van der Waals surface area contributed by atoms with Gasteiger partial charge in [-0.3, -0.25) is 4.79 Å². The number of nitrogens with zero attached hydrogens (tertiary/aromatic N) is 2. The predicted molar refractivity (Wildman–Crippen MR) is 91.5 cm³/mol. The van der Waals surface area contributed by atoms with Crippen molar-refractivity contribution < 1.29 is 14.6 Å². The zero-order chi connectivity index (χ0) is 14.7. The lowest BCUT2D eigenvalue weighted by atomic mass is 10.2. The summed E-state index contributed by atoms with van der Waals surface area (Å²) in [6.45, 7) is 2.29. The number of hydrogen-bond donors (Lipinski definition) is 1. The summed E-state index contributed by atoms with van der Waals surface area (Å²) in [5, 5.41) is 15.1. The van der Waals surface area contributed by atoms with Crippen molar-refractivity contribution in [2.45, 2.75) is 6.92 Å². The maximum Gasteiger partial charge on any atom is 0.259 e. The molecule has 1 fully saturated rings. The fourth-order valence-corrected chi connectivity index (χ4v) is 3.11. The van der Waals surface area contributed by atoms with Crippen LogP contribution in [-0.2, 0) is 4.79 Å². The van der Waals surface area contributed by atoms with E-state index < -0.39 is 0 Å². The first kappa shape index (κ1) is 15.5. The minimum absolute atomic E-state index is 0.105. The summed E-state index contributed by atoms with van der Waals surface area (Å²) in [6, 6.07) is 3.42. The highest BCUT2D eigenvalue weighted by Crippen LogP contribution is 2.32. The van der Waals surface area contributed by atoms with Crippen LogP contribution in [0.15, 0.2) is 17.2 Å². The number of phenols is 1. The van der Waals surface area contributed by atoms with E-state index in [2.05, 4.69) is 5.10 Å². The number of amides is 1. The summed E-state index contributed by atoms with van der Waals surface area (Å²) in [5.41, 5.74) is 0.725. The topological polar surface area (TPSA) is 62.1 Å². The van der Waals surface area contributed by atoms with Gasteiger partial charge in [0.25, 0.3) is 5.91 Å². The highest BCUT2D eigenvalue weighted by atomic mass is 127. The Hall–Kier alpha value is -0.870. The van der Waals surface area contributed by atoms with E-state index in [-0.39, 0.29) is 11.7 Å². The molecule has 0 saturated carbocycles. The number of thioether (sulfide) groups is 1. The van der Waals surface area contributed by atoms with Crippen molar-refractivity contribution in [1.29, 1.82) is 0 Å². The van der Waals surface area contributed by atoms with Gasteiger partial charge < -0.3 is 9.84 Å². The molecule has 0 unspecified atom stereocenters. The lowest BCUT2D eigenvalue weighted by Crippen LogP contribution is -2.22. The molecule has 1 aliphatic rings. The third kappa shape index (κ3) is 3.41. The van der Waals surface area contributed by atoms with Gasteiger partial charge in [-0.25, -0.2) is 0 Å².